The van der Waals surface area contributed by atoms with Gasteiger partial charge in [0.15, 0.2) is 11.6 Å². The summed E-state index contributed by atoms with van der Waals surface area (Å²) in [6, 6.07) is 11.2. The summed E-state index contributed by atoms with van der Waals surface area (Å²) < 4.78 is -0.0357. The van der Waals surface area contributed by atoms with Crippen molar-refractivity contribution in [2.24, 2.45) is 0 Å². The van der Waals surface area contributed by atoms with Crippen molar-refractivity contribution in [1.29, 1.82) is 0 Å². The number of carbonyl (C=O) groups is 2. The molecule has 3 heteroatoms. The van der Waals surface area contributed by atoms with E-state index in [2.05, 4.69) is 41.5 Å². The molecule has 0 saturated heterocycles. The highest BCUT2D eigenvalue weighted by molar-refractivity contribution is 8.00. The fraction of sp³-hybridized carbons (Fsp3) is 0.364. The highest BCUT2D eigenvalue weighted by Crippen LogP contribution is 2.41. The van der Waals surface area contributed by atoms with Crippen LogP contribution in [-0.4, -0.2) is 16.3 Å². The molecule has 1 aliphatic rings. The van der Waals surface area contributed by atoms with Crippen LogP contribution in [0.2, 0.25) is 0 Å². The van der Waals surface area contributed by atoms with E-state index in [-0.39, 0.29) is 21.7 Å². The normalized spacial score (nSPS) is 14.3. The molecule has 2 aromatic carbocycles. The second-order valence-electron chi connectivity index (χ2n) is 8.53. The molecule has 1 aliphatic carbocycles. The standard InChI is InChI=1S/C22H24O2S/c1-21(2,3)15-11-7-9-13-17(15)19(23)14-10-8-12-16(18(14)20(13)24)25-22(4,5)6/h7-12H,1-6H3. The van der Waals surface area contributed by atoms with Crippen molar-refractivity contribution in [3.8, 4) is 0 Å². The van der Waals surface area contributed by atoms with E-state index in [0.29, 0.717) is 22.3 Å². The summed E-state index contributed by atoms with van der Waals surface area (Å²) in [5.74, 6) is -0.0745. The predicted molar refractivity (Wildman–Crippen MR) is 104 cm³/mol. The van der Waals surface area contributed by atoms with Crippen LogP contribution in [0.5, 0.6) is 0 Å². The third kappa shape index (κ3) is 3.18. The Labute approximate surface area is 154 Å². The van der Waals surface area contributed by atoms with Crippen LogP contribution in [0, 0.1) is 0 Å². The lowest BCUT2D eigenvalue weighted by Gasteiger charge is -2.28. The first-order valence-corrected chi connectivity index (χ1v) is 9.37. The zero-order valence-electron chi connectivity index (χ0n) is 15.7. The molecule has 0 radical (unpaired) electrons. The fourth-order valence-corrected chi connectivity index (χ4v) is 4.36. The Morgan fingerprint density at radius 3 is 1.80 bits per heavy atom. The summed E-state index contributed by atoms with van der Waals surface area (Å²) in [5.41, 5.74) is 2.94. The van der Waals surface area contributed by atoms with Gasteiger partial charge in [0.1, 0.15) is 0 Å². The van der Waals surface area contributed by atoms with E-state index in [1.165, 1.54) is 0 Å². The van der Waals surface area contributed by atoms with Gasteiger partial charge in [-0.2, -0.15) is 0 Å². The van der Waals surface area contributed by atoms with Crippen molar-refractivity contribution in [2.75, 3.05) is 0 Å². The molecule has 0 saturated carbocycles. The summed E-state index contributed by atoms with van der Waals surface area (Å²) in [7, 11) is 0. The number of hydrogen-bond acceptors (Lipinski definition) is 3. The first-order chi connectivity index (χ1) is 11.5. The molecule has 0 aromatic heterocycles. The maximum Gasteiger partial charge on any atom is 0.195 e. The number of ketones is 2. The van der Waals surface area contributed by atoms with Crippen molar-refractivity contribution in [2.45, 2.75) is 56.6 Å². The Hall–Kier alpha value is -1.87. The molecule has 0 fully saturated rings. The largest absolute Gasteiger partial charge is 0.289 e. The maximum absolute atomic E-state index is 13.3. The number of thioether (sulfide) groups is 1. The lowest BCUT2D eigenvalue weighted by molar-refractivity contribution is 0.0975. The van der Waals surface area contributed by atoms with Crippen LogP contribution in [0.25, 0.3) is 0 Å². The smallest absolute Gasteiger partial charge is 0.195 e. The van der Waals surface area contributed by atoms with Crippen molar-refractivity contribution >= 4 is 23.3 Å². The molecule has 0 unspecified atom stereocenters. The average molecular weight is 352 g/mol. The minimum atomic E-state index is -0.198. The minimum absolute atomic E-state index is 0.0357. The third-order valence-electron chi connectivity index (χ3n) is 4.26. The molecule has 0 atom stereocenters. The van der Waals surface area contributed by atoms with Gasteiger partial charge in [-0.25, -0.2) is 0 Å². The van der Waals surface area contributed by atoms with Crippen molar-refractivity contribution in [3.63, 3.8) is 0 Å². The van der Waals surface area contributed by atoms with Crippen LogP contribution in [0.3, 0.4) is 0 Å². The number of rotatable bonds is 1. The number of benzene rings is 2. The molecule has 0 aliphatic heterocycles. The van der Waals surface area contributed by atoms with Crippen LogP contribution in [-0.2, 0) is 5.41 Å². The van der Waals surface area contributed by atoms with Gasteiger partial charge in [-0.15, -0.1) is 11.8 Å². The molecule has 25 heavy (non-hydrogen) atoms. The summed E-state index contributed by atoms with van der Waals surface area (Å²) in [4.78, 5) is 27.4. The Kier molecular flexibility index (Phi) is 4.19. The Balaban J connectivity index is 2.26. The van der Waals surface area contributed by atoms with E-state index in [9.17, 15) is 9.59 Å². The van der Waals surface area contributed by atoms with E-state index in [1.54, 1.807) is 23.9 Å². The zero-order chi connectivity index (χ0) is 18.6. The van der Waals surface area contributed by atoms with Crippen LogP contribution < -0.4 is 0 Å². The summed E-state index contributed by atoms with van der Waals surface area (Å²) in [6.07, 6.45) is 0. The summed E-state index contributed by atoms with van der Waals surface area (Å²) in [6.45, 7) is 12.5. The molecule has 0 N–H and O–H groups in total. The first-order valence-electron chi connectivity index (χ1n) is 8.55. The van der Waals surface area contributed by atoms with E-state index < -0.39 is 0 Å². The number of fused-ring (bicyclic) bond motifs is 2. The van der Waals surface area contributed by atoms with Gasteiger partial charge in [-0.3, -0.25) is 9.59 Å². The molecule has 0 spiro atoms. The van der Waals surface area contributed by atoms with Gasteiger partial charge in [0.05, 0.1) is 0 Å². The summed E-state index contributed by atoms with van der Waals surface area (Å²) >= 11 is 1.63. The van der Waals surface area contributed by atoms with Crippen LogP contribution >= 0.6 is 11.8 Å². The second kappa shape index (κ2) is 5.84. The van der Waals surface area contributed by atoms with Gasteiger partial charge in [0.2, 0.25) is 0 Å². The molecule has 130 valence electrons. The topological polar surface area (TPSA) is 34.1 Å². The van der Waals surface area contributed by atoms with Crippen LogP contribution in [0.15, 0.2) is 41.3 Å². The molecular formula is C22H24O2S. The SMILES string of the molecule is CC(C)(C)Sc1cccc2c1C(=O)c1cccc(C(C)(C)C)c1C2=O. The van der Waals surface area contributed by atoms with Gasteiger partial charge >= 0.3 is 0 Å². The Morgan fingerprint density at radius 1 is 0.720 bits per heavy atom. The van der Waals surface area contributed by atoms with E-state index in [1.807, 2.05) is 24.3 Å². The maximum atomic E-state index is 13.3. The molecule has 2 nitrogen and oxygen atoms in total. The minimum Gasteiger partial charge on any atom is -0.289 e. The van der Waals surface area contributed by atoms with Gasteiger partial charge in [-0.05, 0) is 17.0 Å². The van der Waals surface area contributed by atoms with Crippen molar-refractivity contribution < 1.29 is 9.59 Å². The second-order valence-corrected chi connectivity index (χ2v) is 10.4. The lowest BCUT2D eigenvalue weighted by Crippen LogP contribution is -2.27. The molecule has 0 bridgehead atoms. The van der Waals surface area contributed by atoms with Gasteiger partial charge in [0.25, 0.3) is 0 Å². The Bertz CT molecular complexity index is 880. The van der Waals surface area contributed by atoms with Crippen molar-refractivity contribution in [3.05, 3.63) is 64.2 Å². The fourth-order valence-electron chi connectivity index (χ4n) is 3.25. The molecule has 3 rings (SSSR count). The molecule has 0 heterocycles. The van der Waals surface area contributed by atoms with Crippen molar-refractivity contribution in [1.82, 2.24) is 0 Å². The monoisotopic (exact) mass is 352 g/mol. The number of hydrogen-bond donors (Lipinski definition) is 0. The molecular weight excluding hydrogens is 328 g/mol. The summed E-state index contributed by atoms with van der Waals surface area (Å²) in [5, 5.41) is 0. The van der Waals surface area contributed by atoms with Crippen LogP contribution in [0.1, 0.15) is 78.9 Å². The van der Waals surface area contributed by atoms with E-state index in [0.717, 1.165) is 10.5 Å². The van der Waals surface area contributed by atoms with Gasteiger partial charge in [-0.1, -0.05) is 71.9 Å². The van der Waals surface area contributed by atoms with Gasteiger partial charge in [0, 0.05) is 31.9 Å². The zero-order valence-corrected chi connectivity index (χ0v) is 16.5. The number of carbonyl (C=O) groups excluding carboxylic acids is 2. The third-order valence-corrected chi connectivity index (χ3v) is 5.43. The highest BCUT2D eigenvalue weighted by atomic mass is 32.2. The predicted octanol–water partition coefficient (Wildman–Crippen LogP) is 5.65. The van der Waals surface area contributed by atoms with E-state index >= 15 is 0 Å². The quantitative estimate of drug-likeness (QED) is 0.531. The Morgan fingerprint density at radius 2 is 1.24 bits per heavy atom. The molecule has 0 amide bonds. The first kappa shape index (κ1) is 17.9. The van der Waals surface area contributed by atoms with E-state index in [4.69, 9.17) is 0 Å². The lowest BCUT2D eigenvalue weighted by atomic mass is 9.75. The average Bonchev–Trinajstić information content (AvgIpc) is 2.49. The van der Waals surface area contributed by atoms with Crippen LogP contribution in [0.4, 0.5) is 0 Å². The molecule has 2 aromatic rings. The van der Waals surface area contributed by atoms with Gasteiger partial charge < -0.3 is 0 Å². The highest BCUT2D eigenvalue weighted by Gasteiger charge is 2.36.